The van der Waals surface area contributed by atoms with Crippen LogP contribution in [0.15, 0.2) is 71.9 Å². The SMILES string of the molecule is Cc1ccccc1/C(N)=N\OC(=O)c1cccc2ccccc12. The zero-order chi connectivity index (χ0) is 16.2. The fourth-order valence-corrected chi connectivity index (χ4v) is 2.45. The van der Waals surface area contributed by atoms with Crippen molar-refractivity contribution in [2.24, 2.45) is 10.9 Å². The fraction of sp³-hybridized carbons (Fsp3) is 0.0526. The van der Waals surface area contributed by atoms with Crippen LogP contribution in [0.2, 0.25) is 0 Å². The highest BCUT2D eigenvalue weighted by atomic mass is 16.7. The van der Waals surface area contributed by atoms with E-state index in [9.17, 15) is 4.79 Å². The van der Waals surface area contributed by atoms with Crippen molar-refractivity contribution in [3.05, 3.63) is 83.4 Å². The van der Waals surface area contributed by atoms with Gasteiger partial charge in [0.2, 0.25) is 0 Å². The maximum Gasteiger partial charge on any atom is 0.366 e. The molecule has 0 spiro atoms. The molecule has 2 N–H and O–H groups in total. The Morgan fingerprint density at radius 1 is 0.913 bits per heavy atom. The van der Waals surface area contributed by atoms with Gasteiger partial charge < -0.3 is 10.6 Å². The standard InChI is InChI=1S/C19H16N2O2/c1-13-7-2-4-10-15(13)18(20)21-23-19(22)17-12-6-9-14-8-3-5-11-16(14)17/h2-12H,1H3,(H2,20,21). The molecule has 0 radical (unpaired) electrons. The van der Waals surface area contributed by atoms with Crippen molar-refractivity contribution in [1.29, 1.82) is 0 Å². The number of fused-ring (bicyclic) bond motifs is 1. The third kappa shape index (κ3) is 3.06. The first-order chi connectivity index (χ1) is 11.2. The van der Waals surface area contributed by atoms with Gasteiger partial charge in [0.25, 0.3) is 0 Å². The quantitative estimate of drug-likeness (QED) is 0.348. The molecule has 0 saturated heterocycles. The lowest BCUT2D eigenvalue weighted by Crippen LogP contribution is -2.16. The van der Waals surface area contributed by atoms with Crippen molar-refractivity contribution in [3.8, 4) is 0 Å². The van der Waals surface area contributed by atoms with Crippen LogP contribution in [0.4, 0.5) is 0 Å². The lowest BCUT2D eigenvalue weighted by Gasteiger charge is -2.06. The Labute approximate surface area is 134 Å². The van der Waals surface area contributed by atoms with Gasteiger partial charge in [-0.15, -0.1) is 0 Å². The lowest BCUT2D eigenvalue weighted by atomic mass is 10.1. The van der Waals surface area contributed by atoms with Gasteiger partial charge >= 0.3 is 5.97 Å². The predicted molar refractivity (Wildman–Crippen MR) is 91.3 cm³/mol. The number of benzene rings is 3. The first-order valence-electron chi connectivity index (χ1n) is 7.25. The van der Waals surface area contributed by atoms with Crippen LogP contribution in [0.5, 0.6) is 0 Å². The minimum atomic E-state index is -0.529. The molecule has 0 heterocycles. The van der Waals surface area contributed by atoms with E-state index in [1.807, 2.05) is 67.6 Å². The molecule has 0 aromatic heterocycles. The van der Waals surface area contributed by atoms with Gasteiger partial charge in [-0.3, -0.25) is 0 Å². The number of aryl methyl sites for hydroxylation is 1. The van der Waals surface area contributed by atoms with Crippen molar-refractivity contribution in [1.82, 2.24) is 0 Å². The maximum absolute atomic E-state index is 12.3. The van der Waals surface area contributed by atoms with Crippen LogP contribution in [0.1, 0.15) is 21.5 Å². The summed E-state index contributed by atoms with van der Waals surface area (Å²) in [5, 5.41) is 5.58. The summed E-state index contributed by atoms with van der Waals surface area (Å²) in [5.74, 6) is -0.352. The number of amidine groups is 1. The molecule has 114 valence electrons. The summed E-state index contributed by atoms with van der Waals surface area (Å²) in [7, 11) is 0. The summed E-state index contributed by atoms with van der Waals surface area (Å²) in [5.41, 5.74) is 8.09. The summed E-state index contributed by atoms with van der Waals surface area (Å²) in [4.78, 5) is 17.3. The molecule has 0 aliphatic carbocycles. The predicted octanol–water partition coefficient (Wildman–Crippen LogP) is 3.63. The van der Waals surface area contributed by atoms with E-state index in [2.05, 4.69) is 5.16 Å². The fourth-order valence-electron chi connectivity index (χ4n) is 2.45. The number of hydrogen-bond acceptors (Lipinski definition) is 3. The van der Waals surface area contributed by atoms with Crippen LogP contribution in [-0.2, 0) is 4.84 Å². The Kier molecular flexibility index (Phi) is 4.06. The molecule has 3 aromatic rings. The third-order valence-corrected chi connectivity index (χ3v) is 3.66. The van der Waals surface area contributed by atoms with Crippen molar-refractivity contribution in [3.63, 3.8) is 0 Å². The van der Waals surface area contributed by atoms with Gasteiger partial charge in [-0.05, 0) is 29.3 Å². The summed E-state index contributed by atoms with van der Waals surface area (Å²) in [6.07, 6.45) is 0. The molecule has 0 amide bonds. The highest BCUT2D eigenvalue weighted by Crippen LogP contribution is 2.19. The highest BCUT2D eigenvalue weighted by molar-refractivity contribution is 6.05. The molecular weight excluding hydrogens is 288 g/mol. The van der Waals surface area contributed by atoms with Crippen molar-refractivity contribution in [2.75, 3.05) is 0 Å². The van der Waals surface area contributed by atoms with E-state index in [1.165, 1.54) is 0 Å². The number of nitrogens with zero attached hydrogens (tertiary/aromatic N) is 1. The first-order valence-corrected chi connectivity index (χ1v) is 7.25. The normalized spacial score (nSPS) is 11.4. The molecule has 0 atom stereocenters. The molecule has 0 fully saturated rings. The Hall–Kier alpha value is -3.14. The van der Waals surface area contributed by atoms with Gasteiger partial charge in [0.1, 0.15) is 0 Å². The minimum Gasteiger partial charge on any atom is -0.380 e. The second kappa shape index (κ2) is 6.32. The molecule has 4 heteroatoms. The van der Waals surface area contributed by atoms with Crippen LogP contribution < -0.4 is 5.73 Å². The van der Waals surface area contributed by atoms with E-state index in [4.69, 9.17) is 10.6 Å². The van der Waals surface area contributed by atoms with Crippen LogP contribution in [0, 0.1) is 6.92 Å². The second-order valence-corrected chi connectivity index (χ2v) is 5.20. The van der Waals surface area contributed by atoms with E-state index in [0.29, 0.717) is 5.56 Å². The lowest BCUT2D eigenvalue weighted by molar-refractivity contribution is 0.0518. The first kappa shape index (κ1) is 14.8. The van der Waals surface area contributed by atoms with Gasteiger partial charge in [0.05, 0.1) is 5.56 Å². The van der Waals surface area contributed by atoms with E-state index in [0.717, 1.165) is 21.9 Å². The third-order valence-electron chi connectivity index (χ3n) is 3.66. The molecule has 23 heavy (non-hydrogen) atoms. The number of nitrogens with two attached hydrogens (primary N) is 1. The molecule has 4 nitrogen and oxygen atoms in total. The minimum absolute atomic E-state index is 0.177. The van der Waals surface area contributed by atoms with E-state index < -0.39 is 5.97 Å². The smallest absolute Gasteiger partial charge is 0.366 e. The van der Waals surface area contributed by atoms with Gasteiger partial charge in [-0.25, -0.2) is 4.79 Å². The van der Waals surface area contributed by atoms with Crippen molar-refractivity contribution >= 4 is 22.6 Å². The Morgan fingerprint density at radius 3 is 2.39 bits per heavy atom. The molecule has 0 aliphatic heterocycles. The van der Waals surface area contributed by atoms with Crippen LogP contribution in [0.3, 0.4) is 0 Å². The van der Waals surface area contributed by atoms with Crippen molar-refractivity contribution < 1.29 is 9.63 Å². The molecule has 0 saturated carbocycles. The summed E-state index contributed by atoms with van der Waals surface area (Å²) in [6, 6.07) is 20.6. The van der Waals surface area contributed by atoms with Crippen LogP contribution in [0.25, 0.3) is 10.8 Å². The second-order valence-electron chi connectivity index (χ2n) is 5.20. The number of oxime groups is 1. The molecule has 3 aromatic carbocycles. The van der Waals surface area contributed by atoms with E-state index >= 15 is 0 Å². The average molecular weight is 304 g/mol. The zero-order valence-corrected chi connectivity index (χ0v) is 12.7. The zero-order valence-electron chi connectivity index (χ0n) is 12.7. The van der Waals surface area contributed by atoms with Crippen LogP contribution >= 0.6 is 0 Å². The molecule has 0 unspecified atom stereocenters. The highest BCUT2D eigenvalue weighted by Gasteiger charge is 2.12. The number of carbonyl (C=O) groups is 1. The van der Waals surface area contributed by atoms with Gasteiger partial charge in [-0.1, -0.05) is 65.8 Å². The summed E-state index contributed by atoms with van der Waals surface area (Å²) >= 11 is 0. The Bertz CT molecular complexity index is 895. The van der Waals surface area contributed by atoms with Crippen LogP contribution in [-0.4, -0.2) is 11.8 Å². The number of hydrogen-bond donors (Lipinski definition) is 1. The number of rotatable bonds is 3. The Balaban J connectivity index is 1.87. The van der Waals surface area contributed by atoms with Gasteiger partial charge in [0.15, 0.2) is 5.84 Å². The largest absolute Gasteiger partial charge is 0.380 e. The topological polar surface area (TPSA) is 64.7 Å². The molecule has 0 bridgehead atoms. The molecular formula is C19H16N2O2. The van der Waals surface area contributed by atoms with Gasteiger partial charge in [-0.2, -0.15) is 0 Å². The van der Waals surface area contributed by atoms with E-state index in [-0.39, 0.29) is 5.84 Å². The number of carbonyl (C=O) groups excluding carboxylic acids is 1. The van der Waals surface area contributed by atoms with Crippen molar-refractivity contribution in [2.45, 2.75) is 6.92 Å². The summed E-state index contributed by atoms with van der Waals surface area (Å²) < 4.78 is 0. The molecule has 3 rings (SSSR count). The van der Waals surface area contributed by atoms with E-state index in [1.54, 1.807) is 6.07 Å². The van der Waals surface area contributed by atoms with Gasteiger partial charge in [0, 0.05) is 5.56 Å². The average Bonchev–Trinajstić information content (AvgIpc) is 2.59. The Morgan fingerprint density at radius 2 is 1.57 bits per heavy atom. The molecule has 0 aliphatic rings. The summed E-state index contributed by atoms with van der Waals surface area (Å²) in [6.45, 7) is 1.92. The monoisotopic (exact) mass is 304 g/mol. The maximum atomic E-state index is 12.3.